The Morgan fingerprint density at radius 1 is 1.52 bits per heavy atom. The first kappa shape index (κ1) is 18.6. The molecule has 2 aromatic rings. The number of aliphatic hydroxyl groups excluding tert-OH is 2. The van der Waals surface area contributed by atoms with E-state index in [9.17, 15) is 19.6 Å². The number of aromatic amines is 1. The predicted octanol–water partition coefficient (Wildman–Crippen LogP) is 2.17. The van der Waals surface area contributed by atoms with Gasteiger partial charge in [-0.05, 0) is 25.5 Å². The van der Waals surface area contributed by atoms with Gasteiger partial charge in [-0.15, -0.1) is 0 Å². The molecule has 1 saturated heterocycles. The van der Waals surface area contributed by atoms with Gasteiger partial charge in [-0.25, -0.2) is 13.8 Å². The Kier molecular flexibility index (Phi) is 4.74. The molecule has 2 aliphatic rings. The predicted molar refractivity (Wildman–Crippen MR) is 107 cm³/mol. The van der Waals surface area contributed by atoms with Crippen molar-refractivity contribution in [3.63, 3.8) is 0 Å². The lowest BCUT2D eigenvalue weighted by Crippen LogP contribution is -2.43. The van der Waals surface area contributed by atoms with Gasteiger partial charge in [0.25, 0.3) is 5.85 Å². The number of benzene rings is 1. The van der Waals surface area contributed by atoms with Gasteiger partial charge >= 0.3 is 13.5 Å². The summed E-state index contributed by atoms with van der Waals surface area (Å²) in [5.41, 5.74) is 0.797. The second kappa shape index (κ2) is 7.89. The molecule has 0 bridgehead atoms. The summed E-state index contributed by atoms with van der Waals surface area (Å²) in [6.45, 7) is -0.652. The molecule has 10 nitrogen and oxygen atoms in total. The number of alkyl halides is 1. The van der Waals surface area contributed by atoms with Crippen LogP contribution in [0.5, 0.6) is 5.75 Å². The number of aromatic nitrogens is 2. The Morgan fingerprint density at radius 2 is 2.26 bits per heavy atom. The van der Waals surface area contributed by atoms with Crippen molar-refractivity contribution in [2.24, 2.45) is 0 Å². The van der Waals surface area contributed by atoms with E-state index in [1.54, 1.807) is 19.1 Å². The van der Waals surface area contributed by atoms with E-state index >= 15 is 4.39 Å². The van der Waals surface area contributed by atoms with Crippen molar-refractivity contribution in [2.75, 3.05) is 6.56 Å². The summed E-state index contributed by atoms with van der Waals surface area (Å²) in [5.74, 6) is -3.90. The fourth-order valence-corrected chi connectivity index (χ4v) is 4.51. The molecule has 4 rings (SSSR count). The van der Waals surface area contributed by atoms with Crippen LogP contribution in [0.25, 0.3) is 0 Å². The van der Waals surface area contributed by atoms with Gasteiger partial charge in [0.1, 0.15) is 29.2 Å². The van der Waals surface area contributed by atoms with Crippen molar-refractivity contribution in [1.82, 2.24) is 9.55 Å². The highest BCUT2D eigenvalue weighted by Gasteiger charge is 2.57. The van der Waals surface area contributed by atoms with Crippen LogP contribution in [0.1, 0.15) is 27.0 Å². The molecule has 1 unspecified atom stereocenters. The third-order valence-corrected chi connectivity index (χ3v) is 6.03. The van der Waals surface area contributed by atoms with Gasteiger partial charge in [0.05, 0.1) is 10.7 Å². The van der Waals surface area contributed by atoms with Gasteiger partial charge in [0.15, 0.2) is 6.20 Å². The van der Waals surface area contributed by atoms with Gasteiger partial charge in [0.2, 0.25) is 0 Å². The van der Waals surface area contributed by atoms with Crippen molar-refractivity contribution in [3.05, 3.63) is 56.2 Å². The molecule has 1 fully saturated rings. The van der Waals surface area contributed by atoms with E-state index in [1.807, 2.05) is 6.92 Å². The summed E-state index contributed by atoms with van der Waals surface area (Å²) in [4.78, 5) is 14.3. The summed E-state index contributed by atoms with van der Waals surface area (Å²) >= 11 is 4.78. The summed E-state index contributed by atoms with van der Waals surface area (Å²) < 4.78 is 73.5. The van der Waals surface area contributed by atoms with Gasteiger partial charge in [-0.3, -0.25) is 18.6 Å². The number of halogens is 1. The maximum absolute atomic E-state index is 15.8. The number of fused-ring (bicyclic) bond motifs is 1. The SMILES string of the molecule is [2H]C([2H])(OP1(=O)OCc2cc(C)cc(C)c2O1)[C@@]1(F)O[C@@]([2H])(n2ccc(=S)[nH]c2=O)[C@H](O)[C@@H]1O. The highest BCUT2D eigenvalue weighted by molar-refractivity contribution is 7.71. The number of hydrogen-bond acceptors (Lipinski definition) is 9. The topological polar surface area (TPSA) is 132 Å². The molecule has 0 radical (unpaired) electrons. The summed E-state index contributed by atoms with van der Waals surface area (Å²) in [5, 5.41) is 20.7. The van der Waals surface area contributed by atoms with E-state index < -0.39 is 44.3 Å². The molecule has 168 valence electrons. The monoisotopic (exact) mass is 477 g/mol. The average Bonchev–Trinajstić information content (AvgIpc) is 2.90. The van der Waals surface area contributed by atoms with E-state index in [0.717, 1.165) is 17.8 Å². The minimum atomic E-state index is -4.82. The van der Waals surface area contributed by atoms with Crippen LogP contribution in [-0.4, -0.2) is 44.4 Å². The van der Waals surface area contributed by atoms with Gasteiger partial charge < -0.3 is 19.5 Å². The van der Waals surface area contributed by atoms with Crippen LogP contribution < -0.4 is 10.2 Å². The molecule has 3 heterocycles. The normalized spacial score (nSPS) is 36.7. The molecule has 0 spiro atoms. The molecule has 1 aromatic carbocycles. The molecule has 0 aliphatic carbocycles. The number of aryl methyl sites for hydroxylation is 2. The number of ether oxygens (including phenoxy) is 1. The quantitative estimate of drug-likeness (QED) is 0.448. The summed E-state index contributed by atoms with van der Waals surface area (Å²) in [6.07, 6.45) is -7.41. The number of phosphoric acid groups is 1. The fraction of sp³-hybridized carbons (Fsp3) is 0.444. The van der Waals surface area contributed by atoms with E-state index in [0.29, 0.717) is 15.7 Å². The molecule has 3 N–H and O–H groups in total. The second-order valence-corrected chi connectivity index (χ2v) is 8.99. The molecular weight excluding hydrogens is 454 g/mol. The molecule has 2 aliphatic heterocycles. The lowest BCUT2D eigenvalue weighted by atomic mass is 10.1. The lowest BCUT2D eigenvalue weighted by Gasteiger charge is -2.29. The molecule has 0 saturated carbocycles. The van der Waals surface area contributed by atoms with Gasteiger partial charge in [-0.1, -0.05) is 29.9 Å². The Balaban J connectivity index is 1.67. The van der Waals surface area contributed by atoms with Crippen molar-refractivity contribution in [1.29, 1.82) is 0 Å². The number of rotatable bonds is 4. The standard InChI is InChI=1S/C18H20FN2O8PS/c1-9-5-10(2)14-11(6-9)7-26-30(25,29-14)27-8-18(19)15(23)13(22)16(28-18)21-4-3-12(31)20-17(21)24/h3-6,13,15-16,22-23H,7-8H2,1-2H3,(H,20,24,31)/t13-,15+,16-,18-,30?/m1/s1/i8D2,16D. The largest absolute Gasteiger partial charge is 0.530 e. The second-order valence-electron chi connectivity index (χ2n) is 7.03. The number of phosphoric ester groups is 1. The number of nitrogens with zero attached hydrogens (tertiary/aromatic N) is 1. The average molecular weight is 477 g/mol. The van der Waals surface area contributed by atoms with Gasteiger partial charge in [0, 0.05) is 11.8 Å². The fourth-order valence-electron chi connectivity index (χ4n) is 3.20. The Hall–Kier alpha value is -1.92. The molecule has 0 amide bonds. The zero-order chi connectivity index (χ0) is 25.3. The molecule has 1 aromatic heterocycles. The third kappa shape index (κ3) is 4.12. The van der Waals surface area contributed by atoms with Crippen LogP contribution in [-0.2, 0) is 25.0 Å². The molecule has 13 heteroatoms. The minimum absolute atomic E-state index is 0.0430. The maximum atomic E-state index is 15.8. The van der Waals surface area contributed by atoms with Crippen LogP contribution >= 0.6 is 20.0 Å². The number of hydrogen-bond donors (Lipinski definition) is 3. The third-order valence-electron chi connectivity index (χ3n) is 4.62. The molecule has 5 atom stereocenters. The lowest BCUT2D eigenvalue weighted by molar-refractivity contribution is -0.205. The van der Waals surface area contributed by atoms with Gasteiger partial charge in [-0.2, -0.15) is 0 Å². The number of aliphatic hydroxyl groups is 2. The van der Waals surface area contributed by atoms with Crippen molar-refractivity contribution < 1.29 is 41.6 Å². The Bertz CT molecular complexity index is 1320. The van der Waals surface area contributed by atoms with Crippen LogP contribution in [0.15, 0.2) is 29.2 Å². The first-order valence-electron chi connectivity index (χ1n) is 10.4. The van der Waals surface area contributed by atoms with Crippen LogP contribution in [0.2, 0.25) is 0 Å². The number of H-pyrrole nitrogens is 1. The first-order valence-corrected chi connectivity index (χ1v) is 10.8. The summed E-state index contributed by atoms with van der Waals surface area (Å²) in [6, 6.07) is 4.52. The van der Waals surface area contributed by atoms with E-state index in [1.165, 1.54) is 0 Å². The van der Waals surface area contributed by atoms with Crippen molar-refractivity contribution in [2.45, 2.75) is 44.7 Å². The van der Waals surface area contributed by atoms with Crippen molar-refractivity contribution in [3.8, 4) is 5.75 Å². The van der Waals surface area contributed by atoms with E-state index in [4.69, 9.17) is 34.6 Å². The van der Waals surface area contributed by atoms with E-state index in [2.05, 4.69) is 4.98 Å². The smallest absolute Gasteiger partial charge is 0.403 e. The highest BCUT2D eigenvalue weighted by atomic mass is 32.1. The highest BCUT2D eigenvalue weighted by Crippen LogP contribution is 2.56. The zero-order valence-corrected chi connectivity index (χ0v) is 17.9. The Morgan fingerprint density at radius 3 is 2.97 bits per heavy atom. The molecule has 31 heavy (non-hydrogen) atoms. The molecular formula is C18H20FN2O8PS. The summed E-state index contributed by atoms with van der Waals surface area (Å²) in [7, 11) is -4.82. The van der Waals surface area contributed by atoms with Crippen LogP contribution in [0.4, 0.5) is 4.39 Å². The zero-order valence-electron chi connectivity index (χ0n) is 19.2. The van der Waals surface area contributed by atoms with E-state index in [-0.39, 0.29) is 17.0 Å². The minimum Gasteiger partial charge on any atom is -0.403 e. The van der Waals surface area contributed by atoms with Crippen molar-refractivity contribution >= 4 is 20.0 Å². The Labute approximate surface area is 185 Å². The van der Waals surface area contributed by atoms with Crippen LogP contribution in [0.3, 0.4) is 0 Å². The number of nitrogens with one attached hydrogen (secondary N) is 1. The first-order chi connectivity index (χ1) is 15.6. The maximum Gasteiger partial charge on any atom is 0.530 e. The van der Waals surface area contributed by atoms with Crippen LogP contribution in [0, 0.1) is 18.5 Å².